The van der Waals surface area contributed by atoms with Crippen LogP contribution in [0.5, 0.6) is 0 Å². The van der Waals surface area contributed by atoms with Gasteiger partial charge in [-0.05, 0) is 78.1 Å². The molecule has 0 aromatic heterocycles. The van der Waals surface area contributed by atoms with Gasteiger partial charge in [0.05, 0.1) is 11.1 Å². The van der Waals surface area contributed by atoms with Crippen LogP contribution in [0.25, 0.3) is 10.8 Å². The van der Waals surface area contributed by atoms with Crippen LogP contribution in [-0.2, 0) is 23.6 Å². The van der Waals surface area contributed by atoms with Crippen molar-refractivity contribution >= 4 is 39.9 Å². The molecule has 4 nitrogen and oxygen atoms in total. The van der Waals surface area contributed by atoms with Crippen molar-refractivity contribution < 1.29 is 35.9 Å². The highest BCUT2D eigenvalue weighted by Crippen LogP contribution is 2.37. The number of likely N-dealkylation sites (N-methyl/N-ethyl adjacent to an activating group) is 1. The number of benzene rings is 4. The van der Waals surface area contributed by atoms with E-state index in [-0.39, 0.29) is 31.2 Å². The van der Waals surface area contributed by atoms with Gasteiger partial charge in [0.15, 0.2) is 0 Å². The third-order valence-electron chi connectivity index (χ3n) is 7.16. The van der Waals surface area contributed by atoms with Crippen LogP contribution in [0, 0.1) is 6.92 Å². The molecule has 0 saturated heterocycles. The predicted molar refractivity (Wildman–Crippen MR) is 154 cm³/mol. The molecule has 1 atom stereocenters. The number of fused-ring (bicyclic) bond motifs is 1. The van der Waals surface area contributed by atoms with Crippen molar-refractivity contribution in [3.63, 3.8) is 0 Å². The Morgan fingerprint density at radius 3 is 2.07 bits per heavy atom. The number of anilines is 1. The second-order valence-electron chi connectivity index (χ2n) is 10.3. The van der Waals surface area contributed by atoms with Gasteiger partial charge in [-0.1, -0.05) is 54.1 Å². The number of aryl methyl sites for hydroxylation is 1. The molecule has 1 N–H and O–H groups in total. The number of nitrogens with one attached hydrogen (secondary N) is 1. The number of rotatable bonds is 8. The molecule has 0 spiro atoms. The Balaban J connectivity index is 1.63. The van der Waals surface area contributed by atoms with Crippen LogP contribution in [-0.4, -0.2) is 29.8 Å². The Morgan fingerprint density at radius 2 is 1.47 bits per heavy atom. The van der Waals surface area contributed by atoms with Crippen LogP contribution in [0.2, 0.25) is 5.02 Å². The third-order valence-corrected chi connectivity index (χ3v) is 7.39. The molecular formula is C32H27ClF6N2O2. The summed E-state index contributed by atoms with van der Waals surface area (Å²) in [6, 6.07) is 18.1. The van der Waals surface area contributed by atoms with Gasteiger partial charge in [-0.3, -0.25) is 9.59 Å². The molecule has 11 heteroatoms. The van der Waals surface area contributed by atoms with Gasteiger partial charge in [-0.2, -0.15) is 26.3 Å². The van der Waals surface area contributed by atoms with E-state index < -0.39 is 41.0 Å². The van der Waals surface area contributed by atoms with E-state index in [2.05, 4.69) is 5.32 Å². The summed E-state index contributed by atoms with van der Waals surface area (Å²) >= 11 is 5.98. The Morgan fingerprint density at radius 1 is 0.837 bits per heavy atom. The zero-order chi connectivity index (χ0) is 31.5. The second kappa shape index (κ2) is 12.7. The number of halogens is 7. The fourth-order valence-corrected chi connectivity index (χ4v) is 5.02. The maximum Gasteiger partial charge on any atom is 0.416 e. The lowest BCUT2D eigenvalue weighted by Gasteiger charge is -2.29. The van der Waals surface area contributed by atoms with Crippen LogP contribution in [0.4, 0.5) is 32.0 Å². The first-order valence-electron chi connectivity index (χ1n) is 13.2. The first-order chi connectivity index (χ1) is 20.1. The molecule has 0 aliphatic heterocycles. The first kappa shape index (κ1) is 31.9. The summed E-state index contributed by atoms with van der Waals surface area (Å²) in [7, 11) is 1.31. The average molecular weight is 621 g/mol. The molecule has 43 heavy (non-hydrogen) atoms. The van der Waals surface area contributed by atoms with Gasteiger partial charge in [0.2, 0.25) is 5.91 Å². The summed E-state index contributed by atoms with van der Waals surface area (Å²) < 4.78 is 80.8. The summed E-state index contributed by atoms with van der Waals surface area (Å²) in [5, 5.41) is 5.15. The quantitative estimate of drug-likeness (QED) is 0.200. The molecule has 0 aliphatic carbocycles. The molecule has 0 aliphatic rings. The zero-order valence-electron chi connectivity index (χ0n) is 23.1. The maximum absolute atomic E-state index is 13.5. The molecule has 4 aromatic carbocycles. The fourth-order valence-electron chi connectivity index (χ4n) is 4.80. The van der Waals surface area contributed by atoms with Crippen LogP contribution in [0.15, 0.2) is 78.9 Å². The number of alkyl halides is 6. The van der Waals surface area contributed by atoms with E-state index in [1.807, 2.05) is 42.5 Å². The van der Waals surface area contributed by atoms with Gasteiger partial charge in [-0.15, -0.1) is 0 Å². The molecule has 0 bridgehead atoms. The zero-order valence-corrected chi connectivity index (χ0v) is 23.9. The molecular weight excluding hydrogens is 594 g/mol. The van der Waals surface area contributed by atoms with Crippen LogP contribution in [0.1, 0.15) is 45.5 Å². The molecule has 4 rings (SSSR count). The minimum atomic E-state index is -5.10. The van der Waals surface area contributed by atoms with Gasteiger partial charge >= 0.3 is 12.4 Å². The van der Waals surface area contributed by atoms with Crippen molar-refractivity contribution in [1.82, 2.24) is 4.90 Å². The van der Waals surface area contributed by atoms with E-state index >= 15 is 0 Å². The Hall–Kier alpha value is -4.05. The largest absolute Gasteiger partial charge is 0.416 e. The van der Waals surface area contributed by atoms with Crippen molar-refractivity contribution in [3.05, 3.63) is 112 Å². The number of nitrogens with zero attached hydrogens (tertiary/aromatic N) is 1. The Kier molecular flexibility index (Phi) is 9.39. The minimum Gasteiger partial charge on any atom is -0.338 e. The van der Waals surface area contributed by atoms with Crippen LogP contribution < -0.4 is 5.32 Å². The lowest BCUT2D eigenvalue weighted by atomic mass is 9.96. The van der Waals surface area contributed by atoms with Crippen LogP contribution >= 0.6 is 11.6 Å². The first-order valence-corrected chi connectivity index (χ1v) is 13.6. The van der Waals surface area contributed by atoms with E-state index in [9.17, 15) is 35.9 Å². The van der Waals surface area contributed by atoms with E-state index in [1.54, 1.807) is 25.1 Å². The van der Waals surface area contributed by atoms with Crippen molar-refractivity contribution in [2.24, 2.45) is 0 Å². The normalized spacial score (nSPS) is 12.7. The highest BCUT2D eigenvalue weighted by atomic mass is 35.5. The molecule has 226 valence electrons. The van der Waals surface area contributed by atoms with E-state index in [1.165, 1.54) is 7.05 Å². The topological polar surface area (TPSA) is 49.4 Å². The molecule has 0 saturated carbocycles. The summed E-state index contributed by atoms with van der Waals surface area (Å²) in [5.74, 6) is -1.41. The second-order valence-corrected chi connectivity index (χ2v) is 10.7. The van der Waals surface area contributed by atoms with Gasteiger partial charge in [-0.25, -0.2) is 0 Å². The lowest BCUT2D eigenvalue weighted by molar-refractivity contribution is -0.143. The van der Waals surface area contributed by atoms with Crippen molar-refractivity contribution in [3.8, 4) is 0 Å². The van der Waals surface area contributed by atoms with Gasteiger partial charge in [0.1, 0.15) is 0 Å². The SMILES string of the molecule is Cc1cc(Cl)ccc1NC(=O)CCC(Cc1ccc2ccccc2c1)N(C)C(=O)c1cc(C(F)(F)F)cc(C(F)(F)F)c1. The summed E-state index contributed by atoms with van der Waals surface area (Å²) in [4.78, 5) is 27.4. The molecule has 0 fully saturated rings. The van der Waals surface area contributed by atoms with Gasteiger partial charge in [0.25, 0.3) is 5.91 Å². The number of carbonyl (C=O) groups is 2. The number of hydrogen-bond acceptors (Lipinski definition) is 2. The smallest absolute Gasteiger partial charge is 0.338 e. The predicted octanol–water partition coefficient (Wildman–Crippen LogP) is 8.94. The van der Waals surface area contributed by atoms with E-state index in [0.29, 0.717) is 22.8 Å². The highest BCUT2D eigenvalue weighted by Gasteiger charge is 2.38. The molecule has 4 aromatic rings. The molecule has 0 radical (unpaired) electrons. The Bertz CT molecular complexity index is 1620. The monoisotopic (exact) mass is 620 g/mol. The Labute approximate surface area is 249 Å². The van der Waals surface area contributed by atoms with Gasteiger partial charge in [0, 0.05) is 35.8 Å². The fraction of sp³-hybridized carbons (Fsp3) is 0.250. The van der Waals surface area contributed by atoms with Crippen molar-refractivity contribution in [2.45, 2.75) is 44.6 Å². The van der Waals surface area contributed by atoms with Crippen molar-refractivity contribution in [2.75, 3.05) is 12.4 Å². The summed E-state index contributed by atoms with van der Waals surface area (Å²) in [6.07, 6.45) is -9.99. The molecule has 2 amide bonds. The van der Waals surface area contributed by atoms with Gasteiger partial charge < -0.3 is 10.2 Å². The minimum absolute atomic E-state index is 0.0214. The maximum atomic E-state index is 13.5. The van der Waals surface area contributed by atoms with E-state index in [0.717, 1.165) is 26.8 Å². The third kappa shape index (κ3) is 8.07. The highest BCUT2D eigenvalue weighted by molar-refractivity contribution is 6.30. The molecule has 0 heterocycles. The standard InChI is InChI=1S/C32H27ClF6N2O2/c1-19-13-26(33)9-11-28(19)40-29(42)12-10-27(15-20-7-8-21-5-3-4-6-22(21)14-20)41(2)30(43)23-16-24(31(34,35)36)18-25(17-23)32(37,38)39/h3-9,11,13-14,16-18,27H,10,12,15H2,1-2H3,(H,40,42). The summed E-state index contributed by atoms with van der Waals surface area (Å²) in [5.41, 5.74) is -1.88. The summed E-state index contributed by atoms with van der Waals surface area (Å²) in [6.45, 7) is 1.76. The average Bonchev–Trinajstić information content (AvgIpc) is 2.94. The number of carbonyl (C=O) groups excluding carboxylic acids is 2. The number of amides is 2. The number of hydrogen-bond donors (Lipinski definition) is 1. The van der Waals surface area contributed by atoms with Crippen LogP contribution in [0.3, 0.4) is 0 Å². The van der Waals surface area contributed by atoms with E-state index in [4.69, 9.17) is 11.6 Å². The van der Waals surface area contributed by atoms with Crippen molar-refractivity contribution in [1.29, 1.82) is 0 Å². The molecule has 1 unspecified atom stereocenters. The lowest BCUT2D eigenvalue weighted by Crippen LogP contribution is -2.39.